The first-order valence-electron chi connectivity index (χ1n) is 8.82. The van der Waals surface area contributed by atoms with E-state index in [9.17, 15) is 9.90 Å². The Labute approximate surface area is 220 Å². The second kappa shape index (κ2) is 9.13. The second-order valence-electron chi connectivity index (χ2n) is 6.78. The summed E-state index contributed by atoms with van der Waals surface area (Å²) in [5.74, 6) is 0.0130. The molecular formula is C21H18ClKN4O3. The minimum absolute atomic E-state index is 0. The molecule has 2 aromatic carbocycles. The first-order valence-corrected chi connectivity index (χ1v) is 9.20. The number of hydrogen-bond donors (Lipinski definition) is 1. The standard InChI is InChI=1S/C21H19ClN4O3.K/c1-25(2)13-6-4-12(5-7-13)15-8-16-18(9-17(15)22)24-21(28)19(20(16)27)26-11-14(29-3)10-23-26;/h4-11H,1-3H3,(H2,24,27,28);/q;+1/p-1. The normalized spacial score (nSPS) is 10.7. The SMILES string of the molecule is COc1cnn(-c2c([O-])c3cc(-c4ccc(N(C)C)cc4)c(Cl)cc3[nH]c2=O)c1.[K+]. The van der Waals surface area contributed by atoms with Gasteiger partial charge in [-0.05, 0) is 35.2 Å². The van der Waals surface area contributed by atoms with Gasteiger partial charge in [-0.25, -0.2) is 4.68 Å². The van der Waals surface area contributed by atoms with E-state index in [0.29, 0.717) is 27.2 Å². The minimum Gasteiger partial charge on any atom is -0.870 e. The molecule has 0 saturated heterocycles. The summed E-state index contributed by atoms with van der Waals surface area (Å²) < 4.78 is 6.31. The van der Waals surface area contributed by atoms with E-state index >= 15 is 0 Å². The number of nitrogens with zero attached hydrogens (tertiary/aromatic N) is 3. The van der Waals surface area contributed by atoms with Crippen LogP contribution in [0.4, 0.5) is 5.69 Å². The van der Waals surface area contributed by atoms with Crippen LogP contribution in [0.3, 0.4) is 0 Å². The largest absolute Gasteiger partial charge is 1.00 e. The summed E-state index contributed by atoms with van der Waals surface area (Å²) >= 11 is 6.46. The molecule has 2 heterocycles. The molecule has 9 heteroatoms. The van der Waals surface area contributed by atoms with Crippen molar-refractivity contribution in [1.29, 1.82) is 0 Å². The Hall–Kier alpha value is -1.81. The molecule has 7 nitrogen and oxygen atoms in total. The Morgan fingerprint density at radius 2 is 1.90 bits per heavy atom. The van der Waals surface area contributed by atoms with E-state index in [1.54, 1.807) is 12.1 Å². The maximum absolute atomic E-state index is 13.1. The number of methoxy groups -OCH3 is 1. The zero-order valence-corrected chi connectivity index (χ0v) is 20.9. The van der Waals surface area contributed by atoms with Gasteiger partial charge in [0, 0.05) is 30.9 Å². The van der Waals surface area contributed by atoms with Gasteiger partial charge in [-0.2, -0.15) is 5.10 Å². The second-order valence-corrected chi connectivity index (χ2v) is 7.18. The third-order valence-electron chi connectivity index (χ3n) is 4.75. The molecule has 0 radical (unpaired) electrons. The Bertz CT molecular complexity index is 1270. The number of nitrogens with one attached hydrogen (secondary N) is 1. The van der Waals surface area contributed by atoms with Crippen molar-refractivity contribution in [3.63, 3.8) is 0 Å². The number of H-pyrrole nitrogens is 1. The molecule has 2 aromatic heterocycles. The molecule has 0 amide bonds. The Morgan fingerprint density at radius 1 is 1.20 bits per heavy atom. The summed E-state index contributed by atoms with van der Waals surface area (Å²) in [7, 11) is 5.41. The van der Waals surface area contributed by atoms with Crippen molar-refractivity contribution in [2.75, 3.05) is 26.1 Å². The van der Waals surface area contributed by atoms with Gasteiger partial charge in [0.2, 0.25) is 0 Å². The quantitative estimate of drug-likeness (QED) is 0.450. The van der Waals surface area contributed by atoms with Gasteiger partial charge in [0.1, 0.15) is 5.69 Å². The van der Waals surface area contributed by atoms with Gasteiger partial charge in [-0.3, -0.25) is 4.79 Å². The molecule has 0 atom stereocenters. The number of benzene rings is 2. The van der Waals surface area contributed by atoms with Gasteiger partial charge in [-0.15, -0.1) is 0 Å². The molecule has 4 aromatic rings. The third-order valence-corrected chi connectivity index (χ3v) is 5.06. The maximum atomic E-state index is 13.1. The van der Waals surface area contributed by atoms with E-state index in [0.717, 1.165) is 11.3 Å². The minimum atomic E-state index is -0.549. The number of fused-ring (bicyclic) bond motifs is 1. The summed E-state index contributed by atoms with van der Waals surface area (Å²) in [4.78, 5) is 17.2. The predicted octanol–water partition coefficient (Wildman–Crippen LogP) is 0.186. The van der Waals surface area contributed by atoms with Crippen molar-refractivity contribution < 1.29 is 61.2 Å². The molecule has 4 rings (SSSR count). The zero-order chi connectivity index (χ0) is 20.7. The monoisotopic (exact) mass is 448 g/mol. The summed E-state index contributed by atoms with van der Waals surface area (Å²) in [5, 5.41) is 18.0. The fourth-order valence-corrected chi connectivity index (χ4v) is 3.45. The molecule has 1 N–H and O–H groups in total. The van der Waals surface area contributed by atoms with Crippen LogP contribution in [0.15, 0.2) is 53.6 Å². The Morgan fingerprint density at radius 3 is 2.50 bits per heavy atom. The van der Waals surface area contributed by atoms with Crippen LogP contribution in [0.2, 0.25) is 5.02 Å². The molecule has 0 aliphatic heterocycles. The van der Waals surface area contributed by atoms with Gasteiger partial charge in [-0.1, -0.05) is 29.5 Å². The molecule has 0 saturated carbocycles. The number of ether oxygens (including phenoxy) is 1. The molecule has 0 aliphatic rings. The molecule has 0 bridgehead atoms. The van der Waals surface area contributed by atoms with E-state index in [4.69, 9.17) is 16.3 Å². The zero-order valence-electron chi connectivity index (χ0n) is 17.1. The van der Waals surface area contributed by atoms with Crippen molar-refractivity contribution in [2.45, 2.75) is 0 Å². The average Bonchev–Trinajstić information content (AvgIpc) is 3.16. The van der Waals surface area contributed by atoms with E-state index in [2.05, 4.69) is 10.1 Å². The van der Waals surface area contributed by atoms with E-state index < -0.39 is 11.3 Å². The molecular weight excluding hydrogens is 431 g/mol. The van der Waals surface area contributed by atoms with Gasteiger partial charge in [0.15, 0.2) is 5.75 Å². The van der Waals surface area contributed by atoms with Crippen LogP contribution in [-0.2, 0) is 0 Å². The fraction of sp³-hybridized carbons (Fsp3) is 0.143. The molecule has 30 heavy (non-hydrogen) atoms. The van der Waals surface area contributed by atoms with Crippen LogP contribution >= 0.6 is 11.6 Å². The molecule has 0 aliphatic carbocycles. The smallest absolute Gasteiger partial charge is 0.870 e. The summed E-state index contributed by atoms with van der Waals surface area (Å²) in [5.41, 5.74) is 2.36. The van der Waals surface area contributed by atoms with Crippen LogP contribution in [-0.4, -0.2) is 36.0 Å². The summed E-state index contributed by atoms with van der Waals surface area (Å²) in [6, 6.07) is 11.1. The Balaban J connectivity index is 0.00000256. The van der Waals surface area contributed by atoms with Crippen LogP contribution < -0.4 is 71.7 Å². The first kappa shape index (κ1) is 22.9. The third kappa shape index (κ3) is 4.16. The average molecular weight is 449 g/mol. The topological polar surface area (TPSA) is 86.2 Å². The molecule has 0 fully saturated rings. The first-order chi connectivity index (χ1) is 13.9. The number of hydrogen-bond acceptors (Lipinski definition) is 5. The van der Waals surface area contributed by atoms with E-state index in [1.807, 2.05) is 43.3 Å². The number of anilines is 1. The van der Waals surface area contributed by atoms with Crippen molar-refractivity contribution in [1.82, 2.24) is 14.8 Å². The fourth-order valence-electron chi connectivity index (χ4n) is 3.18. The molecule has 148 valence electrons. The van der Waals surface area contributed by atoms with E-state index in [1.165, 1.54) is 24.2 Å². The maximum Gasteiger partial charge on any atom is 1.00 e. The molecule has 0 unspecified atom stereocenters. The number of pyridine rings is 1. The van der Waals surface area contributed by atoms with Crippen molar-refractivity contribution in [3.05, 3.63) is 64.2 Å². The van der Waals surface area contributed by atoms with Gasteiger partial charge < -0.3 is 19.7 Å². The van der Waals surface area contributed by atoms with Gasteiger partial charge in [0.25, 0.3) is 5.56 Å². The van der Waals surface area contributed by atoms with Crippen molar-refractivity contribution in [3.8, 4) is 28.3 Å². The van der Waals surface area contributed by atoms with Crippen molar-refractivity contribution in [2.24, 2.45) is 0 Å². The van der Waals surface area contributed by atoms with Gasteiger partial charge in [0.05, 0.1) is 24.5 Å². The number of aromatic amines is 1. The van der Waals surface area contributed by atoms with Crippen LogP contribution in [0.5, 0.6) is 11.5 Å². The molecule has 0 spiro atoms. The van der Waals surface area contributed by atoms with Crippen molar-refractivity contribution >= 4 is 28.2 Å². The van der Waals surface area contributed by atoms with Crippen LogP contribution in [0, 0.1) is 0 Å². The van der Waals surface area contributed by atoms with E-state index in [-0.39, 0.29) is 57.1 Å². The summed E-state index contributed by atoms with van der Waals surface area (Å²) in [6.45, 7) is 0. The number of halogens is 1. The number of rotatable bonds is 4. The Kier molecular flexibility index (Phi) is 6.96. The van der Waals surface area contributed by atoms with Gasteiger partial charge >= 0.3 is 51.4 Å². The van der Waals surface area contributed by atoms with Crippen LogP contribution in [0.25, 0.3) is 27.7 Å². The van der Waals surface area contributed by atoms with Crippen LogP contribution in [0.1, 0.15) is 0 Å². The predicted molar refractivity (Wildman–Crippen MR) is 112 cm³/mol. The number of aromatic nitrogens is 3. The summed E-state index contributed by atoms with van der Waals surface area (Å²) in [6.07, 6.45) is 2.91.